The first-order valence-electron chi connectivity index (χ1n) is 12.2. The minimum absolute atomic E-state index is 0.140. The normalized spacial score (nSPS) is 10.9. The zero-order valence-corrected chi connectivity index (χ0v) is 23.0. The van der Waals surface area contributed by atoms with E-state index >= 15 is 0 Å². The Bertz CT molecular complexity index is 1710. The fraction of sp³-hybridized carbons (Fsp3) is 0.214. The van der Waals surface area contributed by atoms with Gasteiger partial charge in [0.25, 0.3) is 0 Å². The number of carbonyl (C=O) groups excluding carboxylic acids is 2. The van der Waals surface area contributed by atoms with E-state index in [-0.39, 0.29) is 12.5 Å². The van der Waals surface area contributed by atoms with Crippen LogP contribution in [-0.4, -0.2) is 53.5 Å². The molecule has 206 valence electrons. The molecule has 11 nitrogen and oxygen atoms in total. The van der Waals surface area contributed by atoms with Crippen LogP contribution in [0.25, 0.3) is 33.1 Å². The van der Waals surface area contributed by atoms with Crippen molar-refractivity contribution in [2.24, 2.45) is 0 Å². The predicted octanol–water partition coefficient (Wildman–Crippen LogP) is 6.09. The van der Waals surface area contributed by atoms with E-state index in [4.69, 9.17) is 23.7 Å². The van der Waals surface area contributed by atoms with E-state index in [2.05, 4.69) is 14.1 Å². The van der Waals surface area contributed by atoms with E-state index in [0.29, 0.717) is 40.2 Å². The second-order valence-electron chi connectivity index (χ2n) is 8.55. The Hall–Kier alpha value is -4.84. The Kier molecular flexibility index (Phi) is 7.69. The van der Waals surface area contributed by atoms with Gasteiger partial charge in [0.05, 0.1) is 57.3 Å². The maximum Gasteiger partial charge on any atom is 0.515 e. The average molecular weight is 563 g/mol. The topological polar surface area (TPSA) is 123 Å². The molecule has 1 N–H and O–H groups in total. The SMILES string of the molecule is CCOC(=O)Oc1c(-c2ccc(OC)cc2OC)c2cc(NC(=O)OC)ccc2n1Cc1ccc2nsnc2c1. The lowest BCUT2D eigenvalue weighted by atomic mass is 10.0. The molecule has 2 aromatic heterocycles. The number of ether oxygens (including phenoxy) is 5. The van der Waals surface area contributed by atoms with E-state index in [9.17, 15) is 9.59 Å². The van der Waals surface area contributed by atoms with Gasteiger partial charge in [-0.2, -0.15) is 8.75 Å². The number of nitrogens with zero attached hydrogens (tertiary/aromatic N) is 3. The second-order valence-corrected chi connectivity index (χ2v) is 9.08. The summed E-state index contributed by atoms with van der Waals surface area (Å²) in [6.07, 6.45) is -1.47. The molecule has 0 fully saturated rings. The minimum Gasteiger partial charge on any atom is -0.497 e. The molecule has 0 saturated carbocycles. The van der Waals surface area contributed by atoms with E-state index < -0.39 is 12.2 Å². The standard InChI is InChI=1S/C28H26N4O7S/c1-5-38-28(34)39-26-25(19-9-8-18(35-2)14-24(19)36-3)20-13-17(29-27(33)37-4)7-11-23(20)32(26)15-16-6-10-21-22(12-16)31-40-30-21/h6-14H,5,15H2,1-4H3,(H,29,33). The fourth-order valence-corrected chi connectivity index (χ4v) is 4.96. The lowest BCUT2D eigenvalue weighted by Crippen LogP contribution is -2.14. The molecule has 1 amide bonds. The Balaban J connectivity index is 1.78. The van der Waals surface area contributed by atoms with Crippen molar-refractivity contribution in [1.29, 1.82) is 0 Å². The first kappa shape index (κ1) is 26.8. The third kappa shape index (κ3) is 5.21. The van der Waals surface area contributed by atoms with Gasteiger partial charge in [-0.25, -0.2) is 9.59 Å². The quantitative estimate of drug-likeness (QED) is 0.224. The summed E-state index contributed by atoms with van der Waals surface area (Å²) in [6.45, 7) is 2.17. The lowest BCUT2D eigenvalue weighted by Gasteiger charge is -2.14. The van der Waals surface area contributed by atoms with Crippen LogP contribution in [0, 0.1) is 0 Å². The van der Waals surface area contributed by atoms with Crippen LogP contribution in [0.5, 0.6) is 17.4 Å². The van der Waals surface area contributed by atoms with Crippen LogP contribution in [0.1, 0.15) is 12.5 Å². The molecule has 5 rings (SSSR count). The van der Waals surface area contributed by atoms with Gasteiger partial charge in [-0.05, 0) is 55.0 Å². The molecule has 0 spiro atoms. The maximum absolute atomic E-state index is 12.7. The van der Waals surface area contributed by atoms with Gasteiger partial charge < -0.3 is 28.3 Å². The Morgan fingerprint density at radius 1 is 0.950 bits per heavy atom. The maximum atomic E-state index is 12.7. The largest absolute Gasteiger partial charge is 0.515 e. The van der Waals surface area contributed by atoms with Crippen molar-refractivity contribution in [3.05, 3.63) is 60.2 Å². The van der Waals surface area contributed by atoms with Crippen molar-refractivity contribution >= 4 is 51.6 Å². The highest BCUT2D eigenvalue weighted by atomic mass is 32.1. The molecule has 40 heavy (non-hydrogen) atoms. The number of anilines is 1. The number of benzene rings is 3. The first-order valence-corrected chi connectivity index (χ1v) is 13.0. The highest BCUT2D eigenvalue weighted by Crippen LogP contribution is 2.46. The molecule has 12 heteroatoms. The predicted molar refractivity (Wildman–Crippen MR) is 151 cm³/mol. The molecule has 0 saturated heterocycles. The average Bonchev–Trinajstić information content (AvgIpc) is 3.54. The lowest BCUT2D eigenvalue weighted by molar-refractivity contribution is 0.101. The number of rotatable bonds is 8. The Morgan fingerprint density at radius 2 is 1.77 bits per heavy atom. The summed E-state index contributed by atoms with van der Waals surface area (Å²) in [6, 6.07) is 16.5. The van der Waals surface area contributed by atoms with Crippen LogP contribution >= 0.6 is 11.7 Å². The van der Waals surface area contributed by atoms with Gasteiger partial charge in [0.2, 0.25) is 5.88 Å². The van der Waals surface area contributed by atoms with Crippen LogP contribution in [0.15, 0.2) is 54.6 Å². The summed E-state index contributed by atoms with van der Waals surface area (Å²) in [5, 5.41) is 3.39. The van der Waals surface area contributed by atoms with Crippen molar-refractivity contribution in [2.45, 2.75) is 13.5 Å². The Labute approximate surface area is 233 Å². The fourth-order valence-electron chi connectivity index (χ4n) is 4.44. The third-order valence-corrected chi connectivity index (χ3v) is 6.78. The van der Waals surface area contributed by atoms with Crippen LogP contribution in [0.4, 0.5) is 15.3 Å². The van der Waals surface area contributed by atoms with Gasteiger partial charge in [0, 0.05) is 22.7 Å². The number of methoxy groups -OCH3 is 3. The molecule has 2 heterocycles. The number of hydrogen-bond donors (Lipinski definition) is 1. The van der Waals surface area contributed by atoms with Crippen LogP contribution in [0.3, 0.4) is 0 Å². The number of amides is 1. The third-order valence-electron chi connectivity index (χ3n) is 6.23. The summed E-state index contributed by atoms with van der Waals surface area (Å²) >= 11 is 1.14. The summed E-state index contributed by atoms with van der Waals surface area (Å²) in [5.74, 6) is 1.33. The van der Waals surface area contributed by atoms with E-state index in [1.807, 2.05) is 34.9 Å². The van der Waals surface area contributed by atoms with Crippen molar-refractivity contribution in [3.63, 3.8) is 0 Å². The molecule has 5 aromatic rings. The molecule has 0 radical (unpaired) electrons. The zero-order valence-electron chi connectivity index (χ0n) is 22.2. The highest BCUT2D eigenvalue weighted by Gasteiger charge is 2.26. The minimum atomic E-state index is -0.854. The molecular formula is C28H26N4O7S. The molecular weight excluding hydrogens is 536 g/mol. The number of aromatic nitrogens is 3. The molecule has 3 aromatic carbocycles. The molecule has 0 unspecified atom stereocenters. The van der Waals surface area contributed by atoms with Gasteiger partial charge in [-0.15, -0.1) is 0 Å². The molecule has 0 aliphatic rings. The number of fused-ring (bicyclic) bond motifs is 2. The van der Waals surface area contributed by atoms with Gasteiger partial charge in [0.1, 0.15) is 22.5 Å². The smallest absolute Gasteiger partial charge is 0.497 e. The van der Waals surface area contributed by atoms with Crippen LogP contribution in [-0.2, 0) is 16.0 Å². The van der Waals surface area contributed by atoms with E-state index in [1.165, 1.54) is 7.11 Å². The second kappa shape index (κ2) is 11.5. The van der Waals surface area contributed by atoms with Gasteiger partial charge >= 0.3 is 12.2 Å². The summed E-state index contributed by atoms with van der Waals surface area (Å²) in [7, 11) is 4.40. The molecule has 0 bridgehead atoms. The zero-order chi connectivity index (χ0) is 28.2. The number of nitrogens with one attached hydrogen (secondary N) is 1. The summed E-state index contributed by atoms with van der Waals surface area (Å²) in [5.41, 5.74) is 4.91. The van der Waals surface area contributed by atoms with Crippen LogP contribution in [0.2, 0.25) is 0 Å². The number of carbonyl (C=O) groups is 2. The summed E-state index contributed by atoms with van der Waals surface area (Å²) in [4.78, 5) is 24.7. The first-order chi connectivity index (χ1) is 19.4. The highest BCUT2D eigenvalue weighted by molar-refractivity contribution is 7.00. The van der Waals surface area contributed by atoms with Gasteiger partial charge in [-0.3, -0.25) is 5.32 Å². The van der Waals surface area contributed by atoms with Crippen LogP contribution < -0.4 is 19.5 Å². The number of hydrogen-bond acceptors (Lipinski definition) is 10. The Morgan fingerprint density at radius 3 is 2.52 bits per heavy atom. The molecule has 0 aliphatic heterocycles. The van der Waals surface area contributed by atoms with Crippen molar-refractivity contribution < 1.29 is 33.3 Å². The molecule has 0 aliphatic carbocycles. The van der Waals surface area contributed by atoms with Crippen molar-refractivity contribution in [3.8, 4) is 28.5 Å². The molecule has 0 atom stereocenters. The van der Waals surface area contributed by atoms with E-state index in [0.717, 1.165) is 33.8 Å². The van der Waals surface area contributed by atoms with E-state index in [1.54, 1.807) is 45.4 Å². The van der Waals surface area contributed by atoms with Gasteiger partial charge in [0.15, 0.2) is 0 Å². The summed E-state index contributed by atoms with van der Waals surface area (Å²) < 4.78 is 37.4. The van der Waals surface area contributed by atoms with Crippen molar-refractivity contribution in [2.75, 3.05) is 33.3 Å². The monoisotopic (exact) mass is 562 g/mol. The van der Waals surface area contributed by atoms with Gasteiger partial charge in [-0.1, -0.05) is 6.07 Å². The van der Waals surface area contributed by atoms with Crippen molar-refractivity contribution in [1.82, 2.24) is 13.3 Å².